The van der Waals surface area contributed by atoms with E-state index in [0.29, 0.717) is 106 Å². The maximum absolute atomic E-state index is 12.1. The number of carbonyl (C=O) groups is 5. The first-order chi connectivity index (χ1) is 53.0. The van der Waals surface area contributed by atoms with E-state index in [2.05, 4.69) is 97.8 Å². The third kappa shape index (κ3) is 39.0. The molecule has 0 N–H and O–H groups in total. The molecule has 0 aliphatic heterocycles. The van der Waals surface area contributed by atoms with Crippen LogP contribution in [0.1, 0.15) is 211 Å². The molecule has 0 aliphatic rings. The quantitative estimate of drug-likeness (QED) is 0.00975. The van der Waals surface area contributed by atoms with Crippen molar-refractivity contribution in [3.8, 4) is 28.7 Å². The van der Waals surface area contributed by atoms with Crippen molar-refractivity contribution >= 4 is 151 Å². The Hall–Kier alpha value is -7.60. The number of halogens is 10. The van der Waals surface area contributed by atoms with E-state index in [4.69, 9.17) is 81.7 Å². The second-order valence-electron chi connectivity index (χ2n) is 25.8. The highest BCUT2D eigenvalue weighted by molar-refractivity contribution is 7.81. The van der Waals surface area contributed by atoms with E-state index in [0.717, 1.165) is 32.1 Å². The average Bonchev–Trinajstić information content (AvgIpc) is 0.865. The fourth-order valence-electron chi connectivity index (χ4n) is 10.5. The van der Waals surface area contributed by atoms with Gasteiger partial charge >= 0.3 is 29.8 Å². The highest BCUT2D eigenvalue weighted by Gasteiger charge is 2.16. The lowest BCUT2D eigenvalue weighted by molar-refractivity contribution is 0.0725. The Balaban J connectivity index is 0.000000711. The average molecular weight is 1770 g/mol. The second-order valence-corrected chi connectivity index (χ2v) is 30.2. The summed E-state index contributed by atoms with van der Waals surface area (Å²) in [4.78, 5) is 63.7. The van der Waals surface area contributed by atoms with Gasteiger partial charge in [0.15, 0.2) is 0 Å². The maximum Gasteiger partial charge on any atom is 0.343 e. The molecule has 0 heterocycles. The fraction of sp³-hybridized carbons (Fsp3) is 0.278. The number of carbonyl (C=O) groups excluding carboxylic acids is 5. The molecule has 0 fully saturated rings. The van der Waals surface area contributed by atoms with Crippen molar-refractivity contribution in [3.63, 3.8) is 0 Å². The van der Waals surface area contributed by atoms with Crippen LogP contribution in [0.4, 0.5) is 23.5 Å². The molecule has 0 unspecified atom stereocenters. The molecule has 10 nitrogen and oxygen atoms in total. The normalized spacial score (nSPS) is 10.0. The lowest BCUT2D eigenvalue weighted by Crippen LogP contribution is -2.08. The van der Waals surface area contributed by atoms with Crippen molar-refractivity contribution in [3.05, 3.63) is 293 Å². The third-order valence-electron chi connectivity index (χ3n) is 16.9. The third-order valence-corrected chi connectivity index (χ3v) is 21.1. The van der Waals surface area contributed by atoms with Crippen LogP contribution in [0.15, 0.2) is 237 Å². The van der Waals surface area contributed by atoms with Gasteiger partial charge < -0.3 is 23.7 Å². The van der Waals surface area contributed by atoms with Gasteiger partial charge in [-0.1, -0.05) is 217 Å². The molecule has 0 radical (unpaired) electrons. The monoisotopic (exact) mass is 1770 g/mol. The first-order valence-corrected chi connectivity index (χ1v) is 41.1. The van der Waals surface area contributed by atoms with Crippen LogP contribution in [0.2, 0.25) is 25.1 Å². The van der Waals surface area contributed by atoms with Gasteiger partial charge in [0.2, 0.25) is 0 Å². The van der Waals surface area contributed by atoms with Crippen molar-refractivity contribution in [1.82, 2.24) is 0 Å². The first-order valence-electron chi connectivity index (χ1n) is 37.0. The highest BCUT2D eigenvalue weighted by Crippen LogP contribution is 2.31. The van der Waals surface area contributed by atoms with Crippen LogP contribution in [-0.4, -0.2) is 29.8 Å². The summed E-state index contributed by atoms with van der Waals surface area (Å²) in [7, 11) is 0. The Kier molecular flexibility index (Phi) is 53.4. The molecule has 0 aliphatic carbocycles. The minimum absolute atomic E-state index is 0. The molecule has 0 spiro atoms. The predicted octanol–water partition coefficient (Wildman–Crippen LogP) is 28.7. The molecule has 10 rings (SSSR count). The van der Waals surface area contributed by atoms with Crippen molar-refractivity contribution < 1.29 is 71.2 Å². The Morgan fingerprint density at radius 2 is 0.365 bits per heavy atom. The number of thiol groups is 5. The molecule has 0 bridgehead atoms. The van der Waals surface area contributed by atoms with E-state index < -0.39 is 0 Å². The van der Waals surface area contributed by atoms with Crippen molar-refractivity contribution in [2.24, 2.45) is 0 Å². The van der Waals surface area contributed by atoms with Crippen LogP contribution in [0.25, 0.3) is 0 Å². The zero-order chi connectivity index (χ0) is 79.7. The molecule has 0 amide bonds. The highest BCUT2D eigenvalue weighted by atomic mass is 35.5. The molecule has 0 saturated heterocycles. The van der Waals surface area contributed by atoms with Crippen molar-refractivity contribution in [2.75, 3.05) is 0 Å². The first kappa shape index (κ1) is 105. The molecule has 10 aromatic carbocycles. The summed E-state index contributed by atoms with van der Waals surface area (Å²) in [6.07, 6.45) is 23.3. The summed E-state index contributed by atoms with van der Waals surface area (Å²) in [6.45, 7) is 10.9. The standard InChI is InChI=1S/5C18H19ClO2S.5FH/c5*1-2-3-4-5-13-6-8-14(9-7-13)18(20)21-15-10-11-17(22)16(19)12-15;;;;;/h5*6-12,22H,2-5H2,1H3;5*1H. The smallest absolute Gasteiger partial charge is 0.343 e. The number of unbranched alkanes of at least 4 members (excludes halogenated alkanes) is 10. The molecular weight excluding hydrogens is 1670 g/mol. The SMILES string of the molecule is CCCCCc1ccc(C(=O)Oc2ccc(S)c(Cl)c2)cc1.CCCCCc1ccc(C(=O)Oc2ccc(S)c(Cl)c2)cc1.CCCCCc1ccc(C(=O)Oc2ccc(S)c(Cl)c2)cc1.CCCCCc1ccc(C(=O)Oc2ccc(S)c(Cl)c2)cc1.CCCCCc1ccc(C(=O)Oc2ccc(S)c(Cl)c2)cc1.F.F.F.F.F. The minimum atomic E-state index is -0.386. The van der Waals surface area contributed by atoms with Crippen molar-refractivity contribution in [2.45, 2.75) is 188 Å². The second kappa shape index (κ2) is 58.3. The van der Waals surface area contributed by atoms with Crippen LogP contribution < -0.4 is 23.7 Å². The number of aryl methyl sites for hydroxylation is 5. The Bertz CT molecular complexity index is 3890. The molecule has 0 atom stereocenters. The van der Waals surface area contributed by atoms with Crippen LogP contribution in [-0.2, 0) is 32.1 Å². The molecule has 620 valence electrons. The largest absolute Gasteiger partial charge is 0.423 e. The number of esters is 5. The van der Waals surface area contributed by atoms with E-state index in [-0.39, 0.29) is 53.4 Å². The van der Waals surface area contributed by atoms with Gasteiger partial charge in [0.1, 0.15) is 28.7 Å². The van der Waals surface area contributed by atoms with Gasteiger partial charge in [0.05, 0.1) is 52.9 Å². The number of benzene rings is 10. The predicted molar refractivity (Wildman–Crippen MR) is 479 cm³/mol. The maximum atomic E-state index is 12.1. The summed E-state index contributed by atoms with van der Waals surface area (Å²) < 4.78 is 26.6. The molecule has 0 saturated carbocycles. The fourth-order valence-corrected chi connectivity index (χ4v) is 12.1. The van der Waals surface area contributed by atoms with Crippen LogP contribution >= 0.6 is 121 Å². The number of rotatable bonds is 30. The zero-order valence-corrected chi connectivity index (χ0v) is 72.9. The van der Waals surface area contributed by atoms with Crippen LogP contribution in [0.3, 0.4) is 0 Å². The Morgan fingerprint density at radius 1 is 0.226 bits per heavy atom. The molecule has 0 aromatic heterocycles. The summed E-state index contributed by atoms with van der Waals surface area (Å²) in [5.41, 5.74) is 8.88. The van der Waals surface area contributed by atoms with Gasteiger partial charge in [-0.15, -0.1) is 63.1 Å². The number of hydrogen-bond donors (Lipinski definition) is 5. The van der Waals surface area contributed by atoms with Gasteiger partial charge in [-0.25, -0.2) is 24.0 Å². The zero-order valence-electron chi connectivity index (χ0n) is 64.6. The van der Waals surface area contributed by atoms with E-state index >= 15 is 0 Å². The van der Waals surface area contributed by atoms with Crippen LogP contribution in [0.5, 0.6) is 28.7 Å². The van der Waals surface area contributed by atoms with E-state index in [1.165, 1.54) is 124 Å². The van der Waals surface area contributed by atoms with E-state index in [1.807, 2.05) is 60.7 Å². The summed E-state index contributed by atoms with van der Waals surface area (Å²) in [6, 6.07) is 62.6. The van der Waals surface area contributed by atoms with Gasteiger partial charge in [-0.05, 0) is 213 Å². The summed E-state index contributed by atoms with van der Waals surface area (Å²) in [5.74, 6) is 0.152. The number of ether oxygens (including phenoxy) is 5. The van der Waals surface area contributed by atoms with E-state index in [9.17, 15) is 24.0 Å². The van der Waals surface area contributed by atoms with Crippen molar-refractivity contribution in [1.29, 1.82) is 0 Å². The van der Waals surface area contributed by atoms with E-state index in [1.54, 1.807) is 152 Å². The van der Waals surface area contributed by atoms with Gasteiger partial charge in [0, 0.05) is 54.8 Å². The Labute approximate surface area is 725 Å². The summed E-state index contributed by atoms with van der Waals surface area (Å²) >= 11 is 50.7. The topological polar surface area (TPSA) is 132 Å². The molecule has 25 heteroatoms. The van der Waals surface area contributed by atoms with Crippen LogP contribution in [0, 0.1) is 0 Å². The minimum Gasteiger partial charge on any atom is -0.423 e. The Morgan fingerprint density at radius 3 is 0.487 bits per heavy atom. The summed E-state index contributed by atoms with van der Waals surface area (Å²) in [5, 5.41) is 2.29. The molecule has 115 heavy (non-hydrogen) atoms. The molecule has 10 aromatic rings. The van der Waals surface area contributed by atoms with Gasteiger partial charge in [0.25, 0.3) is 0 Å². The lowest BCUT2D eigenvalue weighted by atomic mass is 10.1. The molecular formula is C90H100Cl5F5O10S5. The van der Waals surface area contributed by atoms with Gasteiger partial charge in [-0.3, -0.25) is 23.5 Å². The van der Waals surface area contributed by atoms with Gasteiger partial charge in [-0.2, -0.15) is 0 Å². The lowest BCUT2D eigenvalue weighted by Gasteiger charge is -2.07. The number of hydrogen-bond acceptors (Lipinski definition) is 15.